The predicted molar refractivity (Wildman–Crippen MR) is 117 cm³/mol. The first-order valence-electron chi connectivity index (χ1n) is 11.0. The Morgan fingerprint density at radius 3 is 2.22 bits per heavy atom. The molecule has 4 rings (SSSR count). The first-order valence-corrected chi connectivity index (χ1v) is 11.0. The van der Waals surface area contributed by atoms with Crippen LogP contribution in [0.5, 0.6) is 0 Å². The summed E-state index contributed by atoms with van der Waals surface area (Å²) in [5, 5.41) is 2.80. The van der Waals surface area contributed by atoms with E-state index in [1.165, 1.54) is 36.4 Å². The zero-order valence-corrected chi connectivity index (χ0v) is 17.8. The number of hydrogen-bond acceptors (Lipinski definition) is 4. The van der Waals surface area contributed by atoms with Gasteiger partial charge in [0.05, 0.1) is 0 Å². The SMILES string of the molecule is NCCNC(=O)C1CC(N(Cc2ccc(F)cc2)C2CC2)CN1C(=O)c1ccc(F)cc1. The van der Waals surface area contributed by atoms with E-state index in [1.54, 1.807) is 17.0 Å². The van der Waals surface area contributed by atoms with Gasteiger partial charge in [-0.05, 0) is 61.2 Å². The molecular formula is C24H28F2N4O2. The summed E-state index contributed by atoms with van der Waals surface area (Å²) in [6, 6.07) is 11.6. The fraction of sp³-hybridized carbons (Fsp3) is 0.417. The lowest BCUT2D eigenvalue weighted by Gasteiger charge is -2.29. The normalized spacial score (nSPS) is 20.6. The van der Waals surface area contributed by atoms with Crippen molar-refractivity contribution in [3.05, 3.63) is 71.3 Å². The average Bonchev–Trinajstić information content (AvgIpc) is 3.54. The monoisotopic (exact) mass is 442 g/mol. The van der Waals surface area contributed by atoms with Gasteiger partial charge in [-0.2, -0.15) is 0 Å². The number of carbonyl (C=O) groups excluding carboxylic acids is 2. The van der Waals surface area contributed by atoms with Crippen molar-refractivity contribution in [3.63, 3.8) is 0 Å². The fourth-order valence-electron chi connectivity index (χ4n) is 4.36. The van der Waals surface area contributed by atoms with E-state index in [2.05, 4.69) is 10.2 Å². The molecule has 2 fully saturated rings. The van der Waals surface area contributed by atoms with Gasteiger partial charge in [-0.3, -0.25) is 14.5 Å². The van der Waals surface area contributed by atoms with Gasteiger partial charge in [-0.1, -0.05) is 12.1 Å². The molecule has 1 saturated heterocycles. The molecule has 32 heavy (non-hydrogen) atoms. The minimum atomic E-state index is -0.626. The number of nitrogens with zero attached hydrogens (tertiary/aromatic N) is 2. The second-order valence-corrected chi connectivity index (χ2v) is 8.48. The Bertz CT molecular complexity index is 947. The van der Waals surface area contributed by atoms with Gasteiger partial charge in [0, 0.05) is 43.8 Å². The molecule has 0 aromatic heterocycles. The Labute approximate surface area is 186 Å². The zero-order chi connectivity index (χ0) is 22.7. The van der Waals surface area contributed by atoms with Gasteiger partial charge < -0.3 is 16.0 Å². The van der Waals surface area contributed by atoms with Gasteiger partial charge in [-0.15, -0.1) is 0 Å². The molecule has 1 aliphatic carbocycles. The first-order chi connectivity index (χ1) is 15.5. The summed E-state index contributed by atoms with van der Waals surface area (Å²) < 4.78 is 26.7. The number of hydrogen-bond donors (Lipinski definition) is 2. The first kappa shape index (κ1) is 22.4. The maximum atomic E-state index is 13.3. The fourth-order valence-corrected chi connectivity index (χ4v) is 4.36. The van der Waals surface area contributed by atoms with Crippen molar-refractivity contribution in [2.45, 2.75) is 43.9 Å². The molecule has 2 aromatic rings. The molecule has 170 valence electrons. The maximum Gasteiger partial charge on any atom is 0.254 e. The van der Waals surface area contributed by atoms with Crippen LogP contribution in [0.25, 0.3) is 0 Å². The minimum Gasteiger partial charge on any atom is -0.353 e. The van der Waals surface area contributed by atoms with Crippen molar-refractivity contribution in [2.75, 3.05) is 19.6 Å². The summed E-state index contributed by atoms with van der Waals surface area (Å²) in [5.41, 5.74) is 6.87. The molecule has 2 amide bonds. The van der Waals surface area contributed by atoms with Gasteiger partial charge in [0.15, 0.2) is 0 Å². The number of benzene rings is 2. The molecule has 8 heteroatoms. The number of halogens is 2. The number of rotatable bonds is 8. The van der Waals surface area contributed by atoms with Crippen LogP contribution in [0, 0.1) is 11.6 Å². The number of amides is 2. The molecule has 2 aliphatic rings. The highest BCUT2D eigenvalue weighted by atomic mass is 19.1. The largest absolute Gasteiger partial charge is 0.353 e. The third-order valence-corrected chi connectivity index (χ3v) is 6.14. The standard InChI is InChI=1S/C24H28F2N4O2/c25-18-5-1-16(2-6-18)14-29(20-9-10-20)21-13-22(23(31)28-12-11-27)30(15-21)24(32)17-3-7-19(26)8-4-17/h1-8,20-22H,9-15,27H2,(H,28,31). The molecular weight excluding hydrogens is 414 g/mol. The Balaban J connectivity index is 1.55. The van der Waals surface area contributed by atoms with E-state index in [1.807, 2.05) is 0 Å². The molecule has 2 atom stereocenters. The van der Waals surface area contributed by atoms with Crippen LogP contribution in [-0.2, 0) is 11.3 Å². The smallest absolute Gasteiger partial charge is 0.254 e. The molecule has 2 unspecified atom stereocenters. The van der Waals surface area contributed by atoms with Crippen LogP contribution in [0.4, 0.5) is 8.78 Å². The second-order valence-electron chi connectivity index (χ2n) is 8.48. The van der Waals surface area contributed by atoms with E-state index in [0.29, 0.717) is 44.2 Å². The molecule has 3 N–H and O–H groups in total. The molecule has 1 saturated carbocycles. The van der Waals surface area contributed by atoms with Gasteiger partial charge in [-0.25, -0.2) is 8.78 Å². The van der Waals surface area contributed by atoms with Crippen LogP contribution >= 0.6 is 0 Å². The highest BCUT2D eigenvalue weighted by Crippen LogP contribution is 2.35. The Kier molecular flexibility index (Phi) is 6.81. The van der Waals surface area contributed by atoms with Gasteiger partial charge in [0.25, 0.3) is 5.91 Å². The third-order valence-electron chi connectivity index (χ3n) is 6.14. The zero-order valence-electron chi connectivity index (χ0n) is 17.8. The highest BCUT2D eigenvalue weighted by Gasteiger charge is 2.45. The topological polar surface area (TPSA) is 78.7 Å². The molecule has 2 aromatic carbocycles. The quantitative estimate of drug-likeness (QED) is 0.658. The average molecular weight is 443 g/mol. The van der Waals surface area contributed by atoms with Crippen molar-refractivity contribution in [2.24, 2.45) is 5.73 Å². The summed E-state index contributed by atoms with van der Waals surface area (Å²) in [7, 11) is 0. The highest BCUT2D eigenvalue weighted by molar-refractivity contribution is 5.98. The molecule has 0 radical (unpaired) electrons. The Morgan fingerprint density at radius 2 is 1.62 bits per heavy atom. The summed E-state index contributed by atoms with van der Waals surface area (Å²) in [6.45, 7) is 1.67. The molecule has 6 nitrogen and oxygen atoms in total. The lowest BCUT2D eigenvalue weighted by atomic mass is 10.1. The van der Waals surface area contributed by atoms with Gasteiger partial charge >= 0.3 is 0 Å². The van der Waals surface area contributed by atoms with Crippen LogP contribution in [0.1, 0.15) is 35.2 Å². The minimum absolute atomic E-state index is 0.00872. The summed E-state index contributed by atoms with van der Waals surface area (Å²) in [4.78, 5) is 30.0. The van der Waals surface area contributed by atoms with E-state index in [0.717, 1.165) is 18.4 Å². The van der Waals surface area contributed by atoms with Crippen molar-refractivity contribution >= 4 is 11.8 Å². The van der Waals surface area contributed by atoms with Gasteiger partial charge in [0.1, 0.15) is 17.7 Å². The van der Waals surface area contributed by atoms with E-state index in [-0.39, 0.29) is 23.7 Å². The van der Waals surface area contributed by atoms with E-state index < -0.39 is 11.9 Å². The van der Waals surface area contributed by atoms with E-state index in [4.69, 9.17) is 5.73 Å². The number of carbonyl (C=O) groups is 2. The summed E-state index contributed by atoms with van der Waals surface area (Å²) in [5.74, 6) is -1.22. The van der Waals surface area contributed by atoms with Crippen LogP contribution in [-0.4, -0.2) is 59.4 Å². The van der Waals surface area contributed by atoms with Crippen LogP contribution < -0.4 is 11.1 Å². The van der Waals surface area contributed by atoms with Crippen molar-refractivity contribution in [1.82, 2.24) is 15.1 Å². The van der Waals surface area contributed by atoms with Crippen molar-refractivity contribution in [3.8, 4) is 0 Å². The maximum absolute atomic E-state index is 13.3. The van der Waals surface area contributed by atoms with E-state index in [9.17, 15) is 18.4 Å². The van der Waals surface area contributed by atoms with Crippen LogP contribution in [0.2, 0.25) is 0 Å². The lowest BCUT2D eigenvalue weighted by molar-refractivity contribution is -0.124. The third kappa shape index (κ3) is 5.14. The molecule has 1 heterocycles. The number of nitrogens with two attached hydrogens (primary N) is 1. The molecule has 0 bridgehead atoms. The molecule has 1 aliphatic heterocycles. The predicted octanol–water partition coefficient (Wildman–Crippen LogP) is 2.29. The second kappa shape index (κ2) is 9.75. The molecule has 0 spiro atoms. The summed E-state index contributed by atoms with van der Waals surface area (Å²) in [6.07, 6.45) is 2.63. The van der Waals surface area contributed by atoms with Crippen LogP contribution in [0.3, 0.4) is 0 Å². The van der Waals surface area contributed by atoms with Crippen LogP contribution in [0.15, 0.2) is 48.5 Å². The Morgan fingerprint density at radius 1 is 1.00 bits per heavy atom. The Hall–Kier alpha value is -2.84. The lowest BCUT2D eigenvalue weighted by Crippen LogP contribution is -2.47. The number of likely N-dealkylation sites (tertiary alicyclic amines) is 1. The summed E-state index contributed by atoms with van der Waals surface area (Å²) >= 11 is 0. The van der Waals surface area contributed by atoms with Gasteiger partial charge in [0.2, 0.25) is 5.91 Å². The number of nitrogens with one attached hydrogen (secondary N) is 1. The van der Waals surface area contributed by atoms with Crippen molar-refractivity contribution in [1.29, 1.82) is 0 Å². The van der Waals surface area contributed by atoms with Crippen molar-refractivity contribution < 1.29 is 18.4 Å². The van der Waals surface area contributed by atoms with E-state index >= 15 is 0 Å².